The van der Waals surface area contributed by atoms with Crippen LogP contribution in [0.25, 0.3) is 0 Å². The fourth-order valence-electron chi connectivity index (χ4n) is 3.98. The van der Waals surface area contributed by atoms with E-state index in [0.29, 0.717) is 19.1 Å². The lowest BCUT2D eigenvalue weighted by atomic mass is 9.86. The normalized spacial score (nSPS) is 19.8. The predicted molar refractivity (Wildman–Crippen MR) is 108 cm³/mol. The first-order valence-electron chi connectivity index (χ1n) is 10.5. The summed E-state index contributed by atoms with van der Waals surface area (Å²) >= 11 is 0. The molecule has 25 heavy (non-hydrogen) atoms. The molecule has 0 aromatic carbocycles. The zero-order valence-corrected chi connectivity index (χ0v) is 18.0. The molecule has 1 heterocycles. The summed E-state index contributed by atoms with van der Waals surface area (Å²) < 4.78 is 25.0. The van der Waals surface area contributed by atoms with Crippen LogP contribution in [0.15, 0.2) is 0 Å². The Balaban J connectivity index is 2.49. The molecule has 1 saturated heterocycles. The van der Waals surface area contributed by atoms with E-state index in [1.807, 2.05) is 0 Å². The quantitative estimate of drug-likeness (QED) is 0.475. The standard InChI is InChI=1S/C20H42N2O2S/c1-5-7-9-10-12-16-20(3,15-11-8-6-2)21-19-13-17-22(18-14-19)25(4,23)24/h19,21H,5-18H2,1-4H3. The second-order valence-electron chi connectivity index (χ2n) is 8.26. The lowest BCUT2D eigenvalue weighted by molar-refractivity contribution is 0.207. The van der Waals surface area contributed by atoms with Gasteiger partial charge >= 0.3 is 0 Å². The van der Waals surface area contributed by atoms with Crippen LogP contribution in [-0.4, -0.2) is 43.6 Å². The van der Waals surface area contributed by atoms with Crippen LogP contribution in [0.1, 0.15) is 97.8 Å². The number of rotatable bonds is 13. The van der Waals surface area contributed by atoms with Crippen molar-refractivity contribution in [2.45, 2.75) is 109 Å². The zero-order chi connectivity index (χ0) is 18.8. The predicted octanol–water partition coefficient (Wildman–Crippen LogP) is 4.70. The van der Waals surface area contributed by atoms with E-state index in [4.69, 9.17) is 0 Å². The molecular formula is C20H42N2O2S. The van der Waals surface area contributed by atoms with E-state index in [2.05, 4.69) is 26.1 Å². The van der Waals surface area contributed by atoms with Crippen LogP contribution in [0.4, 0.5) is 0 Å². The van der Waals surface area contributed by atoms with E-state index >= 15 is 0 Å². The number of nitrogens with one attached hydrogen (secondary N) is 1. The van der Waals surface area contributed by atoms with Gasteiger partial charge in [0.15, 0.2) is 0 Å². The Morgan fingerprint density at radius 2 is 1.40 bits per heavy atom. The topological polar surface area (TPSA) is 49.4 Å². The summed E-state index contributed by atoms with van der Waals surface area (Å²) in [5.74, 6) is 0. The zero-order valence-electron chi connectivity index (χ0n) is 17.1. The van der Waals surface area contributed by atoms with Crippen molar-refractivity contribution in [3.05, 3.63) is 0 Å². The molecule has 1 rings (SSSR count). The molecule has 0 aromatic rings. The molecule has 0 aromatic heterocycles. The van der Waals surface area contributed by atoms with E-state index in [0.717, 1.165) is 12.8 Å². The van der Waals surface area contributed by atoms with Crippen LogP contribution >= 0.6 is 0 Å². The van der Waals surface area contributed by atoms with Crippen molar-refractivity contribution in [3.8, 4) is 0 Å². The Morgan fingerprint density at radius 1 is 0.920 bits per heavy atom. The van der Waals surface area contributed by atoms with Gasteiger partial charge in [0.1, 0.15) is 0 Å². The maximum Gasteiger partial charge on any atom is 0.211 e. The van der Waals surface area contributed by atoms with E-state index in [1.54, 1.807) is 4.31 Å². The van der Waals surface area contributed by atoms with Gasteiger partial charge in [-0.2, -0.15) is 0 Å². The number of hydrogen-bond acceptors (Lipinski definition) is 3. The summed E-state index contributed by atoms with van der Waals surface area (Å²) in [5.41, 5.74) is 0.208. The average Bonchev–Trinajstić information content (AvgIpc) is 2.54. The molecule has 1 fully saturated rings. The molecule has 4 nitrogen and oxygen atoms in total. The van der Waals surface area contributed by atoms with Gasteiger partial charge in [-0.05, 0) is 32.6 Å². The highest BCUT2D eigenvalue weighted by Gasteiger charge is 2.30. The van der Waals surface area contributed by atoms with Crippen molar-refractivity contribution in [1.82, 2.24) is 9.62 Å². The third-order valence-corrected chi connectivity index (χ3v) is 6.94. The fourth-order valence-corrected chi connectivity index (χ4v) is 4.85. The molecule has 0 bridgehead atoms. The van der Waals surface area contributed by atoms with Crippen LogP contribution < -0.4 is 5.32 Å². The second kappa shape index (κ2) is 11.6. The Morgan fingerprint density at radius 3 is 1.92 bits per heavy atom. The first kappa shape index (κ1) is 22.9. The minimum Gasteiger partial charge on any atom is -0.309 e. The Bertz CT molecular complexity index is 445. The summed E-state index contributed by atoms with van der Waals surface area (Å²) in [6.07, 6.45) is 16.2. The van der Waals surface area contributed by atoms with Gasteiger partial charge in [0.05, 0.1) is 6.26 Å². The van der Waals surface area contributed by atoms with Crippen LogP contribution in [0.3, 0.4) is 0 Å². The van der Waals surface area contributed by atoms with Crippen molar-refractivity contribution in [3.63, 3.8) is 0 Å². The minimum atomic E-state index is -3.03. The molecule has 0 spiro atoms. The summed E-state index contributed by atoms with van der Waals surface area (Å²) in [7, 11) is -3.03. The van der Waals surface area contributed by atoms with Crippen LogP contribution in [0.2, 0.25) is 0 Å². The van der Waals surface area contributed by atoms with Gasteiger partial charge in [-0.25, -0.2) is 12.7 Å². The lowest BCUT2D eigenvalue weighted by Crippen LogP contribution is -2.52. The van der Waals surface area contributed by atoms with Gasteiger partial charge in [-0.3, -0.25) is 0 Å². The van der Waals surface area contributed by atoms with Gasteiger partial charge < -0.3 is 5.32 Å². The molecular weight excluding hydrogens is 332 g/mol. The van der Waals surface area contributed by atoms with Gasteiger partial charge in [-0.1, -0.05) is 65.2 Å². The van der Waals surface area contributed by atoms with Crippen molar-refractivity contribution in [2.24, 2.45) is 0 Å². The van der Waals surface area contributed by atoms with Crippen molar-refractivity contribution < 1.29 is 8.42 Å². The number of unbranched alkanes of at least 4 members (excludes halogenated alkanes) is 6. The molecule has 1 unspecified atom stereocenters. The van der Waals surface area contributed by atoms with Crippen molar-refractivity contribution >= 4 is 10.0 Å². The Labute approximate surface area is 157 Å². The molecule has 0 saturated carbocycles. The number of hydrogen-bond donors (Lipinski definition) is 1. The number of piperidine rings is 1. The third-order valence-electron chi connectivity index (χ3n) is 5.64. The highest BCUT2D eigenvalue weighted by molar-refractivity contribution is 7.88. The maximum atomic E-state index is 11.7. The largest absolute Gasteiger partial charge is 0.309 e. The molecule has 150 valence electrons. The summed E-state index contributed by atoms with van der Waals surface area (Å²) in [5, 5.41) is 3.93. The molecule has 5 heteroatoms. The van der Waals surface area contributed by atoms with E-state index in [1.165, 1.54) is 70.5 Å². The smallest absolute Gasteiger partial charge is 0.211 e. The first-order valence-corrected chi connectivity index (χ1v) is 12.4. The van der Waals surface area contributed by atoms with Crippen molar-refractivity contribution in [2.75, 3.05) is 19.3 Å². The summed E-state index contributed by atoms with van der Waals surface area (Å²) in [4.78, 5) is 0. The van der Waals surface area contributed by atoms with E-state index in [9.17, 15) is 8.42 Å². The van der Waals surface area contributed by atoms with Gasteiger partial charge in [0.2, 0.25) is 10.0 Å². The second-order valence-corrected chi connectivity index (χ2v) is 10.2. The van der Waals surface area contributed by atoms with Gasteiger partial charge in [-0.15, -0.1) is 0 Å². The number of sulfonamides is 1. The van der Waals surface area contributed by atoms with Crippen LogP contribution in [0, 0.1) is 0 Å². The molecule has 0 amide bonds. The third kappa shape index (κ3) is 9.39. The van der Waals surface area contributed by atoms with E-state index in [-0.39, 0.29) is 5.54 Å². The molecule has 0 aliphatic carbocycles. The highest BCUT2D eigenvalue weighted by atomic mass is 32.2. The Kier molecular flexibility index (Phi) is 10.6. The number of nitrogens with zero attached hydrogens (tertiary/aromatic N) is 1. The molecule has 1 atom stereocenters. The van der Waals surface area contributed by atoms with Crippen LogP contribution in [0.5, 0.6) is 0 Å². The first-order chi connectivity index (χ1) is 11.8. The monoisotopic (exact) mass is 374 g/mol. The summed E-state index contributed by atoms with van der Waals surface area (Å²) in [6, 6.07) is 0.459. The maximum absolute atomic E-state index is 11.7. The Hall–Kier alpha value is -0.130. The molecule has 1 aliphatic rings. The fraction of sp³-hybridized carbons (Fsp3) is 1.00. The molecule has 1 aliphatic heterocycles. The molecule has 0 radical (unpaired) electrons. The minimum absolute atomic E-state index is 0.208. The SMILES string of the molecule is CCCCCCCC(C)(CCCCC)NC1CCN(S(C)(=O)=O)CC1. The van der Waals surface area contributed by atoms with Gasteiger partial charge in [0.25, 0.3) is 0 Å². The average molecular weight is 375 g/mol. The lowest BCUT2D eigenvalue weighted by Gasteiger charge is -2.39. The highest BCUT2D eigenvalue weighted by Crippen LogP contribution is 2.25. The van der Waals surface area contributed by atoms with Gasteiger partial charge in [0, 0.05) is 24.7 Å². The van der Waals surface area contributed by atoms with Crippen molar-refractivity contribution in [1.29, 1.82) is 0 Å². The van der Waals surface area contributed by atoms with E-state index < -0.39 is 10.0 Å². The molecule has 1 N–H and O–H groups in total. The van der Waals surface area contributed by atoms with Crippen LogP contribution in [-0.2, 0) is 10.0 Å². The summed E-state index contributed by atoms with van der Waals surface area (Å²) in [6.45, 7) is 8.25.